The Bertz CT molecular complexity index is 335. The quantitative estimate of drug-likeness (QED) is 0.698. The predicted octanol–water partition coefficient (Wildman–Crippen LogP) is 1.10. The number of aliphatic hydroxyl groups is 1. The molecule has 1 amide bonds. The van der Waals surface area contributed by atoms with E-state index in [1.807, 2.05) is 6.92 Å². The number of carbonyl (C=O) groups is 1. The van der Waals surface area contributed by atoms with E-state index < -0.39 is 0 Å². The second-order valence-electron chi connectivity index (χ2n) is 3.82. The molecule has 4 heteroatoms. The molecule has 1 aromatic rings. The first-order chi connectivity index (χ1) is 7.67. The summed E-state index contributed by atoms with van der Waals surface area (Å²) in [5.41, 5.74) is 6.96. The minimum atomic E-state index is -0.0810. The van der Waals surface area contributed by atoms with Crippen molar-refractivity contribution in [1.29, 1.82) is 0 Å². The normalized spacial score (nSPS) is 12.2. The highest BCUT2D eigenvalue weighted by Gasteiger charge is 2.11. The summed E-state index contributed by atoms with van der Waals surface area (Å²) in [4.78, 5) is 11.6. The van der Waals surface area contributed by atoms with Crippen LogP contribution in [0.2, 0.25) is 0 Å². The molecule has 1 atom stereocenters. The van der Waals surface area contributed by atoms with Gasteiger partial charge in [0, 0.05) is 11.6 Å². The fourth-order valence-electron chi connectivity index (χ4n) is 1.34. The van der Waals surface area contributed by atoms with Crippen LogP contribution < -0.4 is 11.1 Å². The number of nitrogens with one attached hydrogen (secondary N) is 1. The highest BCUT2D eigenvalue weighted by Crippen LogP contribution is 2.11. The smallest absolute Gasteiger partial charge is 0.227 e. The van der Waals surface area contributed by atoms with Crippen molar-refractivity contribution in [2.45, 2.75) is 20.0 Å². The van der Waals surface area contributed by atoms with E-state index in [2.05, 4.69) is 5.32 Å². The number of carbonyl (C=O) groups excluding carboxylic acids is 1. The average molecular weight is 222 g/mol. The minimum absolute atomic E-state index is 0.0117. The summed E-state index contributed by atoms with van der Waals surface area (Å²) >= 11 is 0. The number of hydrogen-bond donors (Lipinski definition) is 3. The van der Waals surface area contributed by atoms with Gasteiger partial charge in [0.05, 0.1) is 6.61 Å². The van der Waals surface area contributed by atoms with Crippen LogP contribution in [-0.2, 0) is 11.4 Å². The van der Waals surface area contributed by atoms with Crippen LogP contribution >= 0.6 is 0 Å². The summed E-state index contributed by atoms with van der Waals surface area (Å²) in [5.74, 6) is -0.107. The number of rotatable bonds is 5. The van der Waals surface area contributed by atoms with Crippen LogP contribution in [-0.4, -0.2) is 17.6 Å². The van der Waals surface area contributed by atoms with Crippen LogP contribution in [0.1, 0.15) is 18.9 Å². The van der Waals surface area contributed by atoms with Gasteiger partial charge in [-0.05, 0) is 30.7 Å². The standard InChI is InChI=1S/C12H18N2O2/c1-9(6-7-13)12(16)14-11-4-2-10(8-15)3-5-11/h2-5,9,15H,6-8,13H2,1H3,(H,14,16). The van der Waals surface area contributed by atoms with Crippen molar-refractivity contribution in [3.63, 3.8) is 0 Å². The van der Waals surface area contributed by atoms with E-state index in [1.54, 1.807) is 24.3 Å². The van der Waals surface area contributed by atoms with Crippen molar-refractivity contribution < 1.29 is 9.90 Å². The molecule has 0 saturated carbocycles. The Labute approximate surface area is 95.5 Å². The van der Waals surface area contributed by atoms with Gasteiger partial charge in [-0.2, -0.15) is 0 Å². The molecule has 0 aliphatic rings. The molecule has 0 bridgehead atoms. The van der Waals surface area contributed by atoms with Crippen LogP contribution in [0.5, 0.6) is 0 Å². The Balaban J connectivity index is 2.55. The molecule has 0 saturated heterocycles. The van der Waals surface area contributed by atoms with E-state index in [4.69, 9.17) is 10.8 Å². The number of anilines is 1. The molecule has 4 nitrogen and oxygen atoms in total. The number of aliphatic hydroxyl groups excluding tert-OH is 1. The van der Waals surface area contributed by atoms with E-state index in [1.165, 1.54) is 0 Å². The summed E-state index contributed by atoms with van der Waals surface area (Å²) in [6, 6.07) is 7.11. The Kier molecular flexibility index (Phi) is 4.95. The van der Waals surface area contributed by atoms with Crippen molar-refractivity contribution in [1.82, 2.24) is 0 Å². The Morgan fingerprint density at radius 1 is 1.44 bits per heavy atom. The van der Waals surface area contributed by atoms with E-state index >= 15 is 0 Å². The van der Waals surface area contributed by atoms with E-state index in [0.717, 1.165) is 11.3 Å². The highest BCUT2D eigenvalue weighted by atomic mass is 16.3. The number of benzene rings is 1. The predicted molar refractivity (Wildman–Crippen MR) is 63.8 cm³/mol. The fraction of sp³-hybridized carbons (Fsp3) is 0.417. The molecule has 1 unspecified atom stereocenters. The summed E-state index contributed by atoms with van der Waals surface area (Å²) in [6.07, 6.45) is 0.681. The first kappa shape index (κ1) is 12.7. The molecule has 0 spiro atoms. The topological polar surface area (TPSA) is 75.4 Å². The second kappa shape index (κ2) is 6.25. The zero-order chi connectivity index (χ0) is 12.0. The number of hydrogen-bond acceptors (Lipinski definition) is 3. The zero-order valence-corrected chi connectivity index (χ0v) is 9.44. The highest BCUT2D eigenvalue weighted by molar-refractivity contribution is 5.92. The summed E-state index contributed by atoms with van der Waals surface area (Å²) in [7, 11) is 0. The molecule has 0 radical (unpaired) electrons. The van der Waals surface area contributed by atoms with Gasteiger partial charge in [0.15, 0.2) is 0 Å². The minimum Gasteiger partial charge on any atom is -0.392 e. The first-order valence-corrected chi connectivity index (χ1v) is 5.38. The molecular formula is C12H18N2O2. The van der Waals surface area contributed by atoms with Crippen LogP contribution in [0.15, 0.2) is 24.3 Å². The third kappa shape index (κ3) is 3.64. The summed E-state index contributed by atoms with van der Waals surface area (Å²) < 4.78 is 0. The van der Waals surface area contributed by atoms with Crippen LogP contribution in [0.25, 0.3) is 0 Å². The van der Waals surface area contributed by atoms with Crippen LogP contribution in [0, 0.1) is 5.92 Å². The van der Waals surface area contributed by atoms with Crippen LogP contribution in [0.3, 0.4) is 0 Å². The molecule has 4 N–H and O–H groups in total. The third-order valence-corrected chi connectivity index (χ3v) is 2.45. The molecular weight excluding hydrogens is 204 g/mol. The van der Waals surface area contributed by atoms with Gasteiger partial charge >= 0.3 is 0 Å². The monoisotopic (exact) mass is 222 g/mol. The van der Waals surface area contributed by atoms with Gasteiger partial charge in [-0.3, -0.25) is 4.79 Å². The van der Waals surface area contributed by atoms with Crippen molar-refractivity contribution >= 4 is 11.6 Å². The Morgan fingerprint density at radius 2 is 2.06 bits per heavy atom. The largest absolute Gasteiger partial charge is 0.392 e. The number of nitrogens with two attached hydrogens (primary N) is 1. The molecule has 0 fully saturated rings. The lowest BCUT2D eigenvalue weighted by molar-refractivity contribution is -0.119. The molecule has 0 heterocycles. The molecule has 0 aliphatic heterocycles. The van der Waals surface area contributed by atoms with Crippen LogP contribution in [0.4, 0.5) is 5.69 Å². The van der Waals surface area contributed by atoms with Gasteiger partial charge in [-0.25, -0.2) is 0 Å². The maximum atomic E-state index is 11.6. The lowest BCUT2D eigenvalue weighted by Crippen LogP contribution is -2.22. The maximum absolute atomic E-state index is 11.6. The number of amides is 1. The summed E-state index contributed by atoms with van der Waals surface area (Å²) in [5, 5.41) is 11.7. The first-order valence-electron chi connectivity index (χ1n) is 5.38. The molecule has 1 aromatic carbocycles. The molecule has 1 rings (SSSR count). The van der Waals surface area contributed by atoms with Gasteiger partial charge < -0.3 is 16.2 Å². The Hall–Kier alpha value is -1.39. The van der Waals surface area contributed by atoms with Crippen molar-refractivity contribution in [3.8, 4) is 0 Å². The fourth-order valence-corrected chi connectivity index (χ4v) is 1.34. The van der Waals surface area contributed by atoms with Gasteiger partial charge in [0.2, 0.25) is 5.91 Å². The lowest BCUT2D eigenvalue weighted by Gasteiger charge is -2.11. The third-order valence-electron chi connectivity index (χ3n) is 2.45. The van der Waals surface area contributed by atoms with E-state index in [-0.39, 0.29) is 18.4 Å². The van der Waals surface area contributed by atoms with Crippen molar-refractivity contribution in [3.05, 3.63) is 29.8 Å². The van der Waals surface area contributed by atoms with Gasteiger partial charge in [-0.1, -0.05) is 19.1 Å². The Morgan fingerprint density at radius 3 is 2.56 bits per heavy atom. The lowest BCUT2D eigenvalue weighted by atomic mass is 10.1. The molecule has 88 valence electrons. The molecule has 16 heavy (non-hydrogen) atoms. The van der Waals surface area contributed by atoms with Gasteiger partial charge in [-0.15, -0.1) is 0 Å². The second-order valence-corrected chi connectivity index (χ2v) is 3.82. The van der Waals surface area contributed by atoms with E-state index in [9.17, 15) is 4.79 Å². The van der Waals surface area contributed by atoms with Gasteiger partial charge in [0.25, 0.3) is 0 Å². The van der Waals surface area contributed by atoms with Gasteiger partial charge in [0.1, 0.15) is 0 Å². The molecule has 0 aliphatic carbocycles. The van der Waals surface area contributed by atoms with E-state index in [0.29, 0.717) is 13.0 Å². The maximum Gasteiger partial charge on any atom is 0.227 e. The van der Waals surface area contributed by atoms with Crippen molar-refractivity contribution in [2.24, 2.45) is 11.7 Å². The van der Waals surface area contributed by atoms with Crippen molar-refractivity contribution in [2.75, 3.05) is 11.9 Å². The molecule has 0 aromatic heterocycles. The average Bonchev–Trinajstić information content (AvgIpc) is 2.30. The summed E-state index contributed by atoms with van der Waals surface area (Å²) in [6.45, 7) is 2.38. The zero-order valence-electron chi connectivity index (χ0n) is 9.44. The SMILES string of the molecule is CC(CCN)C(=O)Nc1ccc(CO)cc1.